The maximum Gasteiger partial charge on any atom is 0.0910 e. The highest BCUT2D eigenvalue weighted by molar-refractivity contribution is 6.99. The minimum atomic E-state index is 0.0251. The molecule has 2 atom stereocenters. The van der Waals surface area contributed by atoms with Gasteiger partial charge in [0.25, 0.3) is 0 Å². The van der Waals surface area contributed by atoms with Crippen molar-refractivity contribution in [2.45, 2.75) is 24.8 Å². The monoisotopic (exact) mass is 231 g/mol. The zero-order valence-electron chi connectivity index (χ0n) is 8.84. The molecule has 16 heavy (non-hydrogen) atoms. The lowest BCUT2D eigenvalue weighted by Gasteiger charge is -2.31. The van der Waals surface area contributed by atoms with E-state index in [-0.39, 0.29) is 6.04 Å². The van der Waals surface area contributed by atoms with Gasteiger partial charge in [0.05, 0.1) is 29.7 Å². The molecule has 1 aromatic carbocycles. The van der Waals surface area contributed by atoms with E-state index < -0.39 is 0 Å². The fraction of sp³-hybridized carbons (Fsp3) is 0.333. The summed E-state index contributed by atoms with van der Waals surface area (Å²) in [7, 11) is 0. The van der Waals surface area contributed by atoms with Crippen molar-refractivity contribution in [1.29, 1.82) is 0 Å². The number of nitrogens with two attached hydrogens (primary N) is 1. The van der Waals surface area contributed by atoms with Gasteiger partial charge in [-0.05, 0) is 29.9 Å². The van der Waals surface area contributed by atoms with Crippen LogP contribution in [-0.4, -0.2) is 8.75 Å². The van der Waals surface area contributed by atoms with E-state index in [0.29, 0.717) is 5.92 Å². The predicted molar refractivity (Wildman–Crippen MR) is 64.3 cm³/mol. The number of rotatable bonds is 3. The molecule has 1 aliphatic rings. The normalized spacial score (nSPS) is 19.9. The number of nitrogens with zero attached hydrogens (tertiary/aromatic N) is 2. The Morgan fingerprint density at radius 1 is 1.44 bits per heavy atom. The van der Waals surface area contributed by atoms with Crippen LogP contribution in [0.3, 0.4) is 0 Å². The van der Waals surface area contributed by atoms with Gasteiger partial charge in [-0.15, -0.1) is 0 Å². The molecule has 0 spiro atoms. The first-order valence-electron chi connectivity index (χ1n) is 5.45. The first-order valence-corrected chi connectivity index (χ1v) is 6.18. The highest BCUT2D eigenvalue weighted by Crippen LogP contribution is 2.39. The Morgan fingerprint density at radius 2 is 2.31 bits per heavy atom. The first kappa shape index (κ1) is 9.93. The molecule has 2 N–H and O–H groups in total. The second-order valence-corrected chi connectivity index (χ2v) is 4.83. The van der Waals surface area contributed by atoms with Crippen LogP contribution in [0, 0.1) is 0 Å². The van der Waals surface area contributed by atoms with Gasteiger partial charge in [-0.25, -0.2) is 0 Å². The summed E-state index contributed by atoms with van der Waals surface area (Å²) in [6.07, 6.45) is 3.91. The summed E-state index contributed by atoms with van der Waals surface area (Å²) in [4.78, 5) is 0. The molecule has 0 radical (unpaired) electrons. The molecular weight excluding hydrogens is 218 g/mol. The third-order valence-corrected chi connectivity index (χ3v) is 3.75. The Balaban J connectivity index is 1.70. The molecule has 0 amide bonds. The van der Waals surface area contributed by atoms with Gasteiger partial charge in [0, 0.05) is 0 Å². The van der Waals surface area contributed by atoms with Gasteiger partial charge in [-0.2, -0.15) is 8.75 Å². The van der Waals surface area contributed by atoms with E-state index in [9.17, 15) is 0 Å². The van der Waals surface area contributed by atoms with E-state index >= 15 is 0 Å². The van der Waals surface area contributed by atoms with Crippen LogP contribution >= 0.6 is 11.7 Å². The maximum atomic E-state index is 6.11. The second kappa shape index (κ2) is 3.96. The van der Waals surface area contributed by atoms with Crippen LogP contribution in [0.1, 0.15) is 35.2 Å². The Hall–Kier alpha value is -1.26. The van der Waals surface area contributed by atoms with Gasteiger partial charge in [-0.3, -0.25) is 0 Å². The van der Waals surface area contributed by atoms with Crippen molar-refractivity contribution in [1.82, 2.24) is 8.75 Å². The lowest BCUT2D eigenvalue weighted by atomic mass is 9.74. The molecule has 0 saturated carbocycles. The Labute approximate surface area is 98.6 Å². The average Bonchev–Trinajstić information content (AvgIpc) is 2.79. The number of benzene rings is 1. The summed E-state index contributed by atoms with van der Waals surface area (Å²) < 4.78 is 8.18. The number of hydrogen-bond acceptors (Lipinski definition) is 4. The van der Waals surface area contributed by atoms with E-state index in [0.717, 1.165) is 18.5 Å². The summed E-state index contributed by atoms with van der Waals surface area (Å²) in [5.41, 5.74) is 9.96. The molecule has 4 heteroatoms. The molecule has 1 aliphatic carbocycles. The fourth-order valence-corrected chi connectivity index (χ4v) is 2.81. The average molecular weight is 231 g/mol. The van der Waals surface area contributed by atoms with Crippen molar-refractivity contribution >= 4 is 11.7 Å². The summed E-state index contributed by atoms with van der Waals surface area (Å²) in [6, 6.07) is 8.62. The van der Waals surface area contributed by atoms with Crippen LogP contribution in [0.2, 0.25) is 0 Å². The molecule has 3 rings (SSSR count). The Kier molecular flexibility index (Phi) is 2.46. The zero-order chi connectivity index (χ0) is 11.0. The second-order valence-electron chi connectivity index (χ2n) is 4.27. The van der Waals surface area contributed by atoms with Crippen LogP contribution in [0.25, 0.3) is 0 Å². The lowest BCUT2D eigenvalue weighted by molar-refractivity contribution is 0.494. The molecule has 0 fully saturated rings. The van der Waals surface area contributed by atoms with Gasteiger partial charge in [0.2, 0.25) is 0 Å². The van der Waals surface area contributed by atoms with Crippen molar-refractivity contribution < 1.29 is 0 Å². The van der Waals surface area contributed by atoms with Crippen molar-refractivity contribution in [2.24, 2.45) is 5.73 Å². The fourth-order valence-electron chi connectivity index (χ4n) is 2.34. The van der Waals surface area contributed by atoms with Gasteiger partial charge in [0.15, 0.2) is 0 Å². The quantitative estimate of drug-likeness (QED) is 0.881. The minimum absolute atomic E-state index is 0.0251. The summed E-state index contributed by atoms with van der Waals surface area (Å²) in [6.45, 7) is 0. The van der Waals surface area contributed by atoms with Gasteiger partial charge >= 0.3 is 0 Å². The van der Waals surface area contributed by atoms with Crippen molar-refractivity contribution in [3.63, 3.8) is 0 Å². The Morgan fingerprint density at radius 3 is 3.06 bits per heavy atom. The van der Waals surface area contributed by atoms with Crippen LogP contribution in [0.15, 0.2) is 30.5 Å². The minimum Gasteiger partial charge on any atom is -0.323 e. The van der Waals surface area contributed by atoms with Crippen molar-refractivity contribution in [2.75, 3.05) is 0 Å². The highest BCUT2D eigenvalue weighted by atomic mass is 32.1. The molecule has 2 unspecified atom stereocenters. The molecule has 0 saturated heterocycles. The third-order valence-electron chi connectivity index (χ3n) is 3.26. The molecule has 0 bridgehead atoms. The SMILES string of the molecule is NC(CC1Cc2ccccc21)c1cnsn1. The molecule has 2 aromatic rings. The summed E-state index contributed by atoms with van der Waals surface area (Å²) >= 11 is 1.23. The lowest BCUT2D eigenvalue weighted by Crippen LogP contribution is -2.22. The molecule has 0 aliphatic heterocycles. The zero-order valence-corrected chi connectivity index (χ0v) is 9.65. The molecular formula is C12H13N3S. The van der Waals surface area contributed by atoms with Crippen LogP contribution in [-0.2, 0) is 6.42 Å². The van der Waals surface area contributed by atoms with Gasteiger partial charge in [0.1, 0.15) is 0 Å². The van der Waals surface area contributed by atoms with Gasteiger partial charge < -0.3 is 5.73 Å². The van der Waals surface area contributed by atoms with E-state index in [4.69, 9.17) is 5.73 Å². The van der Waals surface area contributed by atoms with Gasteiger partial charge in [-0.1, -0.05) is 24.3 Å². The third kappa shape index (κ3) is 1.64. The van der Waals surface area contributed by atoms with E-state index in [2.05, 4.69) is 33.0 Å². The summed E-state index contributed by atoms with van der Waals surface area (Å²) in [5.74, 6) is 0.605. The number of fused-ring (bicyclic) bond motifs is 1. The standard InChI is InChI=1S/C12H13N3S/c13-11(12-7-14-16-15-12)6-9-5-8-3-1-2-4-10(8)9/h1-4,7,9,11H,5-6,13H2. The van der Waals surface area contributed by atoms with Crippen LogP contribution in [0.5, 0.6) is 0 Å². The van der Waals surface area contributed by atoms with Crippen molar-refractivity contribution in [3.05, 3.63) is 47.3 Å². The Bertz CT molecular complexity index is 481. The molecule has 1 aromatic heterocycles. The van der Waals surface area contributed by atoms with E-state index in [1.165, 1.54) is 22.9 Å². The van der Waals surface area contributed by atoms with E-state index in [1.54, 1.807) is 6.20 Å². The largest absolute Gasteiger partial charge is 0.323 e. The smallest absolute Gasteiger partial charge is 0.0910 e. The molecule has 82 valence electrons. The van der Waals surface area contributed by atoms with Crippen LogP contribution in [0.4, 0.5) is 0 Å². The maximum absolute atomic E-state index is 6.11. The first-order chi connectivity index (χ1) is 7.84. The van der Waals surface area contributed by atoms with Crippen LogP contribution < -0.4 is 5.73 Å². The van der Waals surface area contributed by atoms with E-state index in [1.807, 2.05) is 0 Å². The topological polar surface area (TPSA) is 51.8 Å². The number of hydrogen-bond donors (Lipinski definition) is 1. The predicted octanol–water partition coefficient (Wildman–Crippen LogP) is 2.27. The van der Waals surface area contributed by atoms with Crippen molar-refractivity contribution in [3.8, 4) is 0 Å². The molecule has 3 nitrogen and oxygen atoms in total. The summed E-state index contributed by atoms with van der Waals surface area (Å²) in [5, 5.41) is 0. The highest BCUT2D eigenvalue weighted by Gasteiger charge is 2.27. The number of aromatic nitrogens is 2. The molecule has 1 heterocycles.